The molecule has 0 aliphatic rings. The number of aromatic nitrogens is 2. The van der Waals surface area contributed by atoms with Crippen molar-refractivity contribution in [1.82, 2.24) is 9.55 Å². The normalized spacial score (nSPS) is 12.8. The van der Waals surface area contributed by atoms with E-state index in [0.717, 1.165) is 35.6 Å². The molecule has 0 bridgehead atoms. The Morgan fingerprint density at radius 2 is 2.10 bits per heavy atom. The minimum atomic E-state index is -0.0988. The lowest BCUT2D eigenvalue weighted by Gasteiger charge is -2.10. The first-order valence-corrected chi connectivity index (χ1v) is 7.79. The van der Waals surface area contributed by atoms with Gasteiger partial charge in [-0.3, -0.25) is 0 Å². The van der Waals surface area contributed by atoms with Crippen LogP contribution in [-0.2, 0) is 6.54 Å². The zero-order chi connectivity index (χ0) is 14.5. The third-order valence-corrected chi connectivity index (χ3v) is 3.78. The van der Waals surface area contributed by atoms with E-state index in [1.807, 2.05) is 19.1 Å². The van der Waals surface area contributed by atoms with E-state index in [-0.39, 0.29) is 5.38 Å². The Bertz CT molecular complexity index is 563. The van der Waals surface area contributed by atoms with Gasteiger partial charge in [-0.05, 0) is 25.5 Å². The average Bonchev–Trinajstić information content (AvgIpc) is 2.82. The number of hydrogen-bond acceptors (Lipinski definition) is 2. The van der Waals surface area contributed by atoms with Gasteiger partial charge in [0.05, 0.1) is 18.0 Å². The van der Waals surface area contributed by atoms with Crippen molar-refractivity contribution >= 4 is 22.6 Å². The lowest BCUT2D eigenvalue weighted by molar-refractivity contribution is 0.419. The maximum atomic E-state index is 6.29. The molecule has 1 aromatic carbocycles. The molecule has 110 valence electrons. The Kier molecular flexibility index (Phi) is 5.30. The van der Waals surface area contributed by atoms with Gasteiger partial charge in [0.15, 0.2) is 0 Å². The highest BCUT2D eigenvalue weighted by Crippen LogP contribution is 2.30. The summed E-state index contributed by atoms with van der Waals surface area (Å²) in [6, 6.07) is 6.04. The largest absolute Gasteiger partial charge is 0.494 e. The summed E-state index contributed by atoms with van der Waals surface area (Å²) in [6.07, 6.45) is 4.93. The number of aryl methyl sites for hydroxylation is 1. The number of imidazole rings is 1. The predicted molar refractivity (Wildman–Crippen MR) is 84.7 cm³/mol. The molecule has 0 radical (unpaired) electrons. The monoisotopic (exact) mass is 294 g/mol. The third-order valence-electron chi connectivity index (χ3n) is 3.58. The van der Waals surface area contributed by atoms with E-state index >= 15 is 0 Å². The van der Waals surface area contributed by atoms with E-state index < -0.39 is 0 Å². The van der Waals surface area contributed by atoms with Crippen LogP contribution in [0.3, 0.4) is 0 Å². The first kappa shape index (κ1) is 15.2. The summed E-state index contributed by atoms with van der Waals surface area (Å²) in [5.74, 6) is 1.75. The van der Waals surface area contributed by atoms with E-state index in [4.69, 9.17) is 16.3 Å². The maximum Gasteiger partial charge on any atom is 0.146 e. The highest BCUT2D eigenvalue weighted by atomic mass is 35.5. The molecule has 3 nitrogen and oxygen atoms in total. The van der Waals surface area contributed by atoms with Crippen molar-refractivity contribution in [3.63, 3.8) is 0 Å². The molecular weight excluding hydrogens is 272 g/mol. The number of nitrogens with zero attached hydrogens (tertiary/aromatic N) is 2. The topological polar surface area (TPSA) is 27.1 Å². The van der Waals surface area contributed by atoms with Crippen LogP contribution in [0.5, 0.6) is 5.75 Å². The number of hydrogen-bond donors (Lipinski definition) is 0. The van der Waals surface area contributed by atoms with Crippen LogP contribution in [0.15, 0.2) is 18.2 Å². The van der Waals surface area contributed by atoms with Crippen LogP contribution in [0.2, 0.25) is 0 Å². The molecule has 1 aromatic heterocycles. The highest BCUT2D eigenvalue weighted by molar-refractivity contribution is 6.20. The predicted octanol–water partition coefficient (Wildman–Crippen LogP) is 4.93. The van der Waals surface area contributed by atoms with E-state index in [2.05, 4.69) is 22.5 Å². The van der Waals surface area contributed by atoms with Crippen molar-refractivity contribution < 1.29 is 4.74 Å². The van der Waals surface area contributed by atoms with Crippen molar-refractivity contribution in [2.24, 2.45) is 0 Å². The molecule has 1 heterocycles. The van der Waals surface area contributed by atoms with Gasteiger partial charge in [0.2, 0.25) is 0 Å². The standard InChI is InChI=1S/C16H23ClN2O/c1-4-5-6-7-11-19-13-9-8-10-14(20-3)15(13)18-16(19)12(2)17/h8-10,12H,4-7,11H2,1-3H3. The van der Waals surface area contributed by atoms with Crippen molar-refractivity contribution in [1.29, 1.82) is 0 Å². The molecule has 4 heteroatoms. The number of halogens is 1. The van der Waals surface area contributed by atoms with Crippen molar-refractivity contribution in [2.75, 3.05) is 7.11 Å². The van der Waals surface area contributed by atoms with Crippen molar-refractivity contribution in [3.8, 4) is 5.75 Å². The Hall–Kier alpha value is -1.22. The van der Waals surface area contributed by atoms with Gasteiger partial charge in [0.1, 0.15) is 17.1 Å². The molecule has 0 aliphatic heterocycles. The van der Waals surface area contributed by atoms with Crippen molar-refractivity contribution in [3.05, 3.63) is 24.0 Å². The molecule has 0 N–H and O–H groups in total. The van der Waals surface area contributed by atoms with E-state index in [9.17, 15) is 0 Å². The number of para-hydroxylation sites is 1. The molecule has 2 rings (SSSR count). The van der Waals surface area contributed by atoms with Crippen LogP contribution < -0.4 is 4.74 Å². The first-order valence-electron chi connectivity index (χ1n) is 7.36. The van der Waals surface area contributed by atoms with Gasteiger partial charge < -0.3 is 9.30 Å². The highest BCUT2D eigenvalue weighted by Gasteiger charge is 2.16. The second kappa shape index (κ2) is 6.98. The fourth-order valence-corrected chi connectivity index (χ4v) is 2.71. The number of methoxy groups -OCH3 is 1. The smallest absolute Gasteiger partial charge is 0.146 e. The summed E-state index contributed by atoms with van der Waals surface area (Å²) >= 11 is 6.29. The fraction of sp³-hybridized carbons (Fsp3) is 0.562. The summed E-state index contributed by atoms with van der Waals surface area (Å²) in [5, 5.41) is -0.0988. The average molecular weight is 295 g/mol. The zero-order valence-corrected chi connectivity index (χ0v) is 13.3. The van der Waals surface area contributed by atoms with Crippen LogP contribution >= 0.6 is 11.6 Å². The lowest BCUT2D eigenvalue weighted by atomic mass is 10.2. The number of ether oxygens (including phenoxy) is 1. The van der Waals surface area contributed by atoms with Crippen LogP contribution in [0.4, 0.5) is 0 Å². The number of benzene rings is 1. The fourth-order valence-electron chi connectivity index (χ4n) is 2.54. The molecule has 1 atom stereocenters. The van der Waals surface area contributed by atoms with Gasteiger partial charge in [-0.25, -0.2) is 4.98 Å². The van der Waals surface area contributed by atoms with Gasteiger partial charge in [-0.15, -0.1) is 11.6 Å². The summed E-state index contributed by atoms with van der Waals surface area (Å²) in [4.78, 5) is 4.69. The molecule has 1 unspecified atom stereocenters. The molecule has 0 saturated heterocycles. The van der Waals surface area contributed by atoms with Crippen molar-refractivity contribution in [2.45, 2.75) is 51.5 Å². The number of fused-ring (bicyclic) bond motifs is 1. The number of unbranched alkanes of at least 4 members (excludes halogenated alkanes) is 3. The molecule has 2 aromatic rings. The lowest BCUT2D eigenvalue weighted by Crippen LogP contribution is -2.04. The second-order valence-electron chi connectivity index (χ2n) is 5.13. The van der Waals surface area contributed by atoms with E-state index in [0.29, 0.717) is 0 Å². The van der Waals surface area contributed by atoms with E-state index in [1.54, 1.807) is 7.11 Å². The van der Waals surface area contributed by atoms with Crippen LogP contribution in [0, 0.1) is 0 Å². The Morgan fingerprint density at radius 1 is 1.30 bits per heavy atom. The quantitative estimate of drug-likeness (QED) is 0.535. The molecule has 20 heavy (non-hydrogen) atoms. The third kappa shape index (κ3) is 3.09. The second-order valence-corrected chi connectivity index (χ2v) is 5.78. The minimum absolute atomic E-state index is 0.0988. The zero-order valence-electron chi connectivity index (χ0n) is 12.5. The molecule has 0 saturated carbocycles. The van der Waals surface area contributed by atoms with Crippen LogP contribution in [-0.4, -0.2) is 16.7 Å². The number of alkyl halides is 1. The van der Waals surface area contributed by atoms with Crippen LogP contribution in [0.1, 0.15) is 50.7 Å². The molecule has 0 aliphatic carbocycles. The van der Waals surface area contributed by atoms with Crippen LogP contribution in [0.25, 0.3) is 11.0 Å². The Labute approximate surface area is 125 Å². The summed E-state index contributed by atoms with van der Waals surface area (Å²) in [5.41, 5.74) is 2.02. The molecule has 0 amide bonds. The molecular formula is C16H23ClN2O. The number of rotatable bonds is 7. The van der Waals surface area contributed by atoms with E-state index in [1.165, 1.54) is 19.3 Å². The molecule has 0 fully saturated rings. The first-order chi connectivity index (χ1) is 9.69. The molecule has 0 spiro atoms. The van der Waals surface area contributed by atoms with Gasteiger partial charge in [-0.1, -0.05) is 32.3 Å². The Morgan fingerprint density at radius 3 is 2.75 bits per heavy atom. The maximum absolute atomic E-state index is 6.29. The minimum Gasteiger partial charge on any atom is -0.494 e. The SMILES string of the molecule is CCCCCCn1c(C(C)Cl)nc2c(OC)cccc21. The summed E-state index contributed by atoms with van der Waals surface area (Å²) < 4.78 is 7.64. The van der Waals surface area contributed by atoms with Gasteiger partial charge in [-0.2, -0.15) is 0 Å². The summed E-state index contributed by atoms with van der Waals surface area (Å²) in [7, 11) is 1.68. The van der Waals surface area contributed by atoms with Gasteiger partial charge >= 0.3 is 0 Å². The Balaban J connectivity index is 2.36. The van der Waals surface area contributed by atoms with Gasteiger partial charge in [0.25, 0.3) is 0 Å². The van der Waals surface area contributed by atoms with Gasteiger partial charge in [0, 0.05) is 6.54 Å². The summed E-state index contributed by atoms with van der Waals surface area (Å²) in [6.45, 7) is 5.16.